The largest absolute Gasteiger partial charge is 0.352 e. The second-order valence-electron chi connectivity index (χ2n) is 5.07. The highest BCUT2D eigenvalue weighted by molar-refractivity contribution is 6.42. The zero-order valence-corrected chi connectivity index (χ0v) is 15.2. The summed E-state index contributed by atoms with van der Waals surface area (Å²) in [6.45, 7) is 2.82. The van der Waals surface area contributed by atoms with Crippen molar-refractivity contribution in [1.29, 1.82) is 0 Å². The van der Waals surface area contributed by atoms with Crippen LogP contribution in [0.1, 0.15) is 18.4 Å². The van der Waals surface area contributed by atoms with Crippen molar-refractivity contribution in [1.82, 2.24) is 10.2 Å². The topological polar surface area (TPSA) is 58.4 Å². The number of nitrogens with one attached hydrogen (secondary N) is 1. The maximum atomic E-state index is 11.2. The van der Waals surface area contributed by atoms with Crippen LogP contribution in [0.5, 0.6) is 0 Å². The molecule has 3 N–H and O–H groups in total. The van der Waals surface area contributed by atoms with E-state index in [1.165, 1.54) is 0 Å². The van der Waals surface area contributed by atoms with E-state index in [1.807, 2.05) is 18.2 Å². The van der Waals surface area contributed by atoms with E-state index in [2.05, 4.69) is 10.2 Å². The molecule has 1 fully saturated rings. The van der Waals surface area contributed by atoms with Gasteiger partial charge in [0.2, 0.25) is 5.91 Å². The Morgan fingerprint density at radius 1 is 1.23 bits per heavy atom. The normalized spacial score (nSPS) is 15.6. The molecule has 22 heavy (non-hydrogen) atoms. The Labute approximate surface area is 153 Å². The van der Waals surface area contributed by atoms with E-state index in [4.69, 9.17) is 28.9 Å². The molecule has 1 saturated heterocycles. The summed E-state index contributed by atoms with van der Waals surface area (Å²) in [5.41, 5.74) is 6.46. The predicted octanol–water partition coefficient (Wildman–Crippen LogP) is 2.88. The van der Waals surface area contributed by atoms with Gasteiger partial charge in [0.05, 0.1) is 16.6 Å². The van der Waals surface area contributed by atoms with Crippen molar-refractivity contribution in [3.05, 3.63) is 33.8 Å². The highest BCUT2D eigenvalue weighted by Crippen LogP contribution is 2.24. The number of benzene rings is 1. The monoisotopic (exact) mass is 387 g/mol. The fraction of sp³-hybridized carbons (Fsp3) is 0.500. The maximum Gasteiger partial charge on any atom is 0.233 e. The lowest BCUT2D eigenvalue weighted by Gasteiger charge is -2.32. The first-order chi connectivity index (χ1) is 9.58. The van der Waals surface area contributed by atoms with E-state index in [0.29, 0.717) is 10.0 Å². The van der Waals surface area contributed by atoms with Gasteiger partial charge in [0.25, 0.3) is 0 Å². The number of rotatable bonds is 4. The minimum atomic E-state index is -0.0760. The molecule has 1 aromatic rings. The molecule has 1 heterocycles. The average Bonchev–Trinajstić information content (AvgIpc) is 2.45. The molecule has 0 aliphatic carbocycles. The van der Waals surface area contributed by atoms with Crippen LogP contribution in [0.25, 0.3) is 0 Å². The Balaban J connectivity index is 0.00000220. The molecule has 4 nitrogen and oxygen atoms in total. The minimum Gasteiger partial charge on any atom is -0.352 e. The minimum absolute atomic E-state index is 0. The number of halogens is 4. The molecule has 1 amide bonds. The summed E-state index contributed by atoms with van der Waals surface area (Å²) in [7, 11) is 0. The first kappa shape index (κ1) is 21.8. The molecule has 2 rings (SSSR count). The summed E-state index contributed by atoms with van der Waals surface area (Å²) in [6.07, 6.45) is 1.90. The van der Waals surface area contributed by atoms with Crippen LogP contribution in [-0.4, -0.2) is 36.5 Å². The second-order valence-corrected chi connectivity index (χ2v) is 5.88. The number of carbonyl (C=O) groups excluding carboxylic acids is 1. The number of hydrogen-bond donors (Lipinski definition) is 2. The lowest BCUT2D eigenvalue weighted by atomic mass is 10.0. The van der Waals surface area contributed by atoms with E-state index in [0.717, 1.165) is 38.0 Å². The van der Waals surface area contributed by atoms with Crippen LogP contribution in [0.15, 0.2) is 18.2 Å². The van der Waals surface area contributed by atoms with Crippen molar-refractivity contribution in [2.75, 3.05) is 19.6 Å². The van der Waals surface area contributed by atoms with E-state index in [9.17, 15) is 4.79 Å². The van der Waals surface area contributed by atoms with E-state index in [1.54, 1.807) is 0 Å². The standard InChI is InChI=1S/C14H19Cl2N3O.2ClH/c15-12-2-1-10(7-13(12)16)9-19-5-3-11(4-6-19)18-14(20)8-17;;/h1-2,7,11H,3-6,8-9,17H2,(H,18,20);2*1H. The van der Waals surface area contributed by atoms with Crippen molar-refractivity contribution in [2.45, 2.75) is 25.4 Å². The number of carbonyl (C=O) groups is 1. The van der Waals surface area contributed by atoms with Crippen molar-refractivity contribution >= 4 is 53.9 Å². The van der Waals surface area contributed by atoms with Gasteiger partial charge in [0.15, 0.2) is 0 Å². The van der Waals surface area contributed by atoms with Crippen LogP contribution in [0.4, 0.5) is 0 Å². The summed E-state index contributed by atoms with van der Waals surface area (Å²) < 4.78 is 0. The molecule has 0 aromatic heterocycles. The number of amides is 1. The third-order valence-electron chi connectivity index (χ3n) is 3.53. The maximum absolute atomic E-state index is 11.2. The van der Waals surface area contributed by atoms with Crippen LogP contribution < -0.4 is 11.1 Å². The lowest BCUT2D eigenvalue weighted by Crippen LogP contribution is -2.46. The fourth-order valence-corrected chi connectivity index (χ4v) is 2.74. The quantitative estimate of drug-likeness (QED) is 0.833. The Kier molecular flexibility index (Phi) is 10.4. The molecule has 0 radical (unpaired) electrons. The SMILES string of the molecule is Cl.Cl.NCC(=O)NC1CCN(Cc2ccc(Cl)c(Cl)c2)CC1. The molecule has 0 bridgehead atoms. The zero-order valence-electron chi connectivity index (χ0n) is 12.1. The van der Waals surface area contributed by atoms with Gasteiger partial charge in [-0.25, -0.2) is 0 Å². The van der Waals surface area contributed by atoms with Gasteiger partial charge in [-0.2, -0.15) is 0 Å². The number of nitrogens with two attached hydrogens (primary N) is 1. The van der Waals surface area contributed by atoms with E-state index < -0.39 is 0 Å². The number of likely N-dealkylation sites (tertiary alicyclic amines) is 1. The Hall–Kier alpha value is -0.230. The van der Waals surface area contributed by atoms with Gasteiger partial charge < -0.3 is 11.1 Å². The lowest BCUT2D eigenvalue weighted by molar-refractivity contribution is -0.120. The Morgan fingerprint density at radius 3 is 2.41 bits per heavy atom. The van der Waals surface area contributed by atoms with Crippen molar-refractivity contribution < 1.29 is 4.79 Å². The molecule has 0 atom stereocenters. The zero-order chi connectivity index (χ0) is 14.5. The summed E-state index contributed by atoms with van der Waals surface area (Å²) in [4.78, 5) is 13.6. The molecule has 0 saturated carbocycles. The molecular formula is C14H21Cl4N3O. The first-order valence-corrected chi connectivity index (χ1v) is 7.50. The molecule has 0 spiro atoms. The Bertz CT molecular complexity index is 479. The van der Waals surface area contributed by atoms with E-state index in [-0.39, 0.29) is 43.3 Å². The molecule has 1 aliphatic heterocycles. The third-order valence-corrected chi connectivity index (χ3v) is 4.27. The fourth-order valence-electron chi connectivity index (χ4n) is 2.42. The van der Waals surface area contributed by atoms with Crippen LogP contribution in [0.2, 0.25) is 10.0 Å². The number of hydrogen-bond acceptors (Lipinski definition) is 3. The van der Waals surface area contributed by atoms with Crippen molar-refractivity contribution in [2.24, 2.45) is 5.73 Å². The third kappa shape index (κ3) is 6.49. The molecule has 0 unspecified atom stereocenters. The van der Waals surface area contributed by atoms with Gasteiger partial charge in [-0.3, -0.25) is 9.69 Å². The summed E-state index contributed by atoms with van der Waals surface area (Å²) >= 11 is 11.9. The molecule has 8 heteroatoms. The summed E-state index contributed by atoms with van der Waals surface area (Å²) in [5.74, 6) is -0.0760. The van der Waals surface area contributed by atoms with Gasteiger partial charge in [-0.1, -0.05) is 29.3 Å². The summed E-state index contributed by atoms with van der Waals surface area (Å²) in [6, 6.07) is 5.98. The van der Waals surface area contributed by atoms with Crippen LogP contribution in [-0.2, 0) is 11.3 Å². The van der Waals surface area contributed by atoms with Crippen LogP contribution >= 0.6 is 48.0 Å². The molecule has 1 aromatic carbocycles. The van der Waals surface area contributed by atoms with Gasteiger partial charge >= 0.3 is 0 Å². The molecule has 1 aliphatic rings. The van der Waals surface area contributed by atoms with Gasteiger partial charge in [0, 0.05) is 25.7 Å². The van der Waals surface area contributed by atoms with Gasteiger partial charge in [0.1, 0.15) is 0 Å². The highest BCUT2D eigenvalue weighted by Gasteiger charge is 2.20. The number of nitrogens with zero attached hydrogens (tertiary/aromatic N) is 1. The molecule has 126 valence electrons. The van der Waals surface area contributed by atoms with E-state index >= 15 is 0 Å². The van der Waals surface area contributed by atoms with Crippen LogP contribution in [0.3, 0.4) is 0 Å². The average molecular weight is 389 g/mol. The number of piperidine rings is 1. The highest BCUT2D eigenvalue weighted by atomic mass is 35.5. The van der Waals surface area contributed by atoms with Crippen molar-refractivity contribution in [3.8, 4) is 0 Å². The van der Waals surface area contributed by atoms with Gasteiger partial charge in [-0.05, 0) is 30.5 Å². The van der Waals surface area contributed by atoms with Crippen LogP contribution in [0, 0.1) is 0 Å². The van der Waals surface area contributed by atoms with Crippen molar-refractivity contribution in [3.63, 3.8) is 0 Å². The smallest absolute Gasteiger partial charge is 0.233 e. The second kappa shape index (κ2) is 10.5. The molecular weight excluding hydrogens is 368 g/mol. The first-order valence-electron chi connectivity index (χ1n) is 6.74. The van der Waals surface area contributed by atoms with Gasteiger partial charge in [-0.15, -0.1) is 24.8 Å². The predicted molar refractivity (Wildman–Crippen MR) is 96.5 cm³/mol. The Morgan fingerprint density at radius 2 is 1.86 bits per heavy atom. The summed E-state index contributed by atoms with van der Waals surface area (Å²) in [5, 5.41) is 4.11.